The molecule has 1 rings (SSSR count). The van der Waals surface area contributed by atoms with E-state index in [1.165, 1.54) is 64.2 Å². The Bertz CT molecular complexity index is 338. The summed E-state index contributed by atoms with van der Waals surface area (Å²) in [5, 5.41) is 9.43. The first-order chi connectivity index (χ1) is 9.37. The van der Waals surface area contributed by atoms with Crippen LogP contribution >= 0.6 is 0 Å². The van der Waals surface area contributed by atoms with Crippen LogP contribution in [0.3, 0.4) is 0 Å². The van der Waals surface area contributed by atoms with Crippen molar-refractivity contribution in [1.29, 1.82) is 5.26 Å². The van der Waals surface area contributed by atoms with Crippen LogP contribution in [0, 0.1) is 27.6 Å². The fourth-order valence-electron chi connectivity index (χ4n) is 4.06. The predicted molar refractivity (Wildman–Crippen MR) is 87.5 cm³/mol. The standard InChI is InChI=1S/C19H35N/c1-6-7-8-9-10-11-12-13-14-15-18(4)17(2,3)19(18,5)16-20/h6-15H2,1-5H3. The summed E-state index contributed by atoms with van der Waals surface area (Å²) in [6.45, 7) is 11.3. The van der Waals surface area contributed by atoms with Crippen molar-refractivity contribution in [2.24, 2.45) is 16.2 Å². The van der Waals surface area contributed by atoms with Gasteiger partial charge < -0.3 is 0 Å². The molecule has 0 heterocycles. The molecule has 0 aromatic rings. The third-order valence-electron chi connectivity index (χ3n) is 6.67. The van der Waals surface area contributed by atoms with Crippen LogP contribution in [0.25, 0.3) is 0 Å². The lowest BCUT2D eigenvalue weighted by Gasteiger charge is -2.14. The second-order valence-electron chi connectivity index (χ2n) is 7.77. The quantitative estimate of drug-likeness (QED) is 0.419. The minimum atomic E-state index is -0.111. The molecule has 2 atom stereocenters. The second-order valence-corrected chi connectivity index (χ2v) is 7.77. The van der Waals surface area contributed by atoms with E-state index in [0.29, 0.717) is 0 Å². The molecule has 116 valence electrons. The van der Waals surface area contributed by atoms with Gasteiger partial charge in [-0.1, -0.05) is 85.5 Å². The van der Waals surface area contributed by atoms with Gasteiger partial charge in [0.25, 0.3) is 0 Å². The smallest absolute Gasteiger partial charge is 0.0698 e. The molecule has 1 heteroatoms. The zero-order chi connectivity index (χ0) is 15.3. The maximum absolute atomic E-state index is 9.43. The van der Waals surface area contributed by atoms with Crippen molar-refractivity contribution in [3.63, 3.8) is 0 Å². The number of hydrogen-bond acceptors (Lipinski definition) is 1. The molecule has 1 aliphatic carbocycles. The summed E-state index contributed by atoms with van der Waals surface area (Å²) >= 11 is 0. The van der Waals surface area contributed by atoms with Crippen LogP contribution in [0.4, 0.5) is 0 Å². The van der Waals surface area contributed by atoms with E-state index in [1.807, 2.05) is 0 Å². The summed E-state index contributed by atoms with van der Waals surface area (Å²) in [5.74, 6) is 0. The summed E-state index contributed by atoms with van der Waals surface area (Å²) in [5.41, 5.74) is 0.310. The van der Waals surface area contributed by atoms with E-state index < -0.39 is 0 Å². The van der Waals surface area contributed by atoms with Gasteiger partial charge in [0.15, 0.2) is 0 Å². The van der Waals surface area contributed by atoms with Crippen LogP contribution in [0.1, 0.15) is 98.8 Å². The molecule has 1 nitrogen and oxygen atoms in total. The monoisotopic (exact) mass is 277 g/mol. The molecule has 0 aliphatic heterocycles. The van der Waals surface area contributed by atoms with Crippen LogP contribution in [0.5, 0.6) is 0 Å². The van der Waals surface area contributed by atoms with Crippen molar-refractivity contribution in [3.05, 3.63) is 0 Å². The number of unbranched alkanes of at least 4 members (excludes halogenated alkanes) is 8. The molecule has 1 aliphatic rings. The zero-order valence-electron chi connectivity index (χ0n) is 14.5. The number of nitriles is 1. The van der Waals surface area contributed by atoms with E-state index in [9.17, 15) is 5.26 Å². The minimum Gasteiger partial charge on any atom is -0.198 e. The Hall–Kier alpha value is -0.510. The molecule has 0 aromatic heterocycles. The molecular formula is C19H35N. The molecule has 2 unspecified atom stereocenters. The van der Waals surface area contributed by atoms with E-state index in [2.05, 4.69) is 40.7 Å². The lowest BCUT2D eigenvalue weighted by molar-refractivity contribution is 0.364. The first-order valence-corrected chi connectivity index (χ1v) is 8.78. The first kappa shape index (κ1) is 17.5. The molecule has 0 saturated heterocycles. The molecule has 1 fully saturated rings. The number of hydrogen-bond donors (Lipinski definition) is 0. The summed E-state index contributed by atoms with van der Waals surface area (Å²) in [6.07, 6.45) is 13.7. The highest BCUT2D eigenvalue weighted by atomic mass is 14.8. The van der Waals surface area contributed by atoms with Crippen molar-refractivity contribution in [2.75, 3.05) is 0 Å². The number of nitrogens with zero attached hydrogens (tertiary/aromatic N) is 1. The average Bonchev–Trinajstić information content (AvgIpc) is 2.77. The zero-order valence-corrected chi connectivity index (χ0v) is 14.5. The molecule has 0 N–H and O–H groups in total. The third-order valence-corrected chi connectivity index (χ3v) is 6.67. The molecule has 20 heavy (non-hydrogen) atoms. The highest BCUT2D eigenvalue weighted by molar-refractivity contribution is 5.31. The minimum absolute atomic E-state index is 0.111. The SMILES string of the molecule is CCCCCCCCCCCC1(C)C(C)(C)C1(C)C#N. The van der Waals surface area contributed by atoms with Crippen LogP contribution in [-0.2, 0) is 0 Å². The topological polar surface area (TPSA) is 23.8 Å². The summed E-state index contributed by atoms with van der Waals surface area (Å²) in [4.78, 5) is 0. The van der Waals surface area contributed by atoms with Crippen molar-refractivity contribution in [3.8, 4) is 6.07 Å². The number of rotatable bonds is 10. The van der Waals surface area contributed by atoms with Crippen LogP contribution in [0.15, 0.2) is 0 Å². The van der Waals surface area contributed by atoms with Gasteiger partial charge in [-0.05, 0) is 24.2 Å². The highest BCUT2D eigenvalue weighted by Gasteiger charge is 2.76. The van der Waals surface area contributed by atoms with Gasteiger partial charge in [-0.15, -0.1) is 0 Å². The molecule has 0 radical (unpaired) electrons. The maximum atomic E-state index is 9.43. The largest absolute Gasteiger partial charge is 0.198 e. The van der Waals surface area contributed by atoms with E-state index >= 15 is 0 Å². The van der Waals surface area contributed by atoms with Gasteiger partial charge in [0.05, 0.1) is 11.5 Å². The molecule has 0 aromatic carbocycles. The summed E-state index contributed by atoms with van der Waals surface area (Å²) < 4.78 is 0. The van der Waals surface area contributed by atoms with Crippen molar-refractivity contribution in [1.82, 2.24) is 0 Å². The van der Waals surface area contributed by atoms with Gasteiger partial charge in [-0.2, -0.15) is 5.26 Å². The van der Waals surface area contributed by atoms with Crippen molar-refractivity contribution in [2.45, 2.75) is 98.8 Å². The molecule has 0 amide bonds. The van der Waals surface area contributed by atoms with Gasteiger partial charge in [0.2, 0.25) is 0 Å². The van der Waals surface area contributed by atoms with E-state index in [-0.39, 0.29) is 16.2 Å². The average molecular weight is 277 g/mol. The Morgan fingerprint density at radius 1 is 0.750 bits per heavy atom. The summed E-state index contributed by atoms with van der Waals surface area (Å²) in [6, 6.07) is 2.58. The van der Waals surface area contributed by atoms with Crippen LogP contribution < -0.4 is 0 Å². The van der Waals surface area contributed by atoms with Gasteiger partial charge in [-0.3, -0.25) is 0 Å². The second kappa shape index (κ2) is 6.97. The molecule has 1 saturated carbocycles. The van der Waals surface area contributed by atoms with E-state index in [4.69, 9.17) is 0 Å². The van der Waals surface area contributed by atoms with Crippen LogP contribution in [-0.4, -0.2) is 0 Å². The Morgan fingerprint density at radius 2 is 1.20 bits per heavy atom. The van der Waals surface area contributed by atoms with Gasteiger partial charge in [0.1, 0.15) is 0 Å². The first-order valence-electron chi connectivity index (χ1n) is 8.78. The van der Waals surface area contributed by atoms with Crippen LogP contribution in [0.2, 0.25) is 0 Å². The van der Waals surface area contributed by atoms with Gasteiger partial charge in [-0.25, -0.2) is 0 Å². The lowest BCUT2D eigenvalue weighted by Crippen LogP contribution is -2.05. The Balaban J connectivity index is 2.10. The van der Waals surface area contributed by atoms with Crippen molar-refractivity contribution < 1.29 is 0 Å². The van der Waals surface area contributed by atoms with Gasteiger partial charge in [0, 0.05) is 0 Å². The molecular weight excluding hydrogens is 242 g/mol. The normalized spacial score (nSPS) is 31.0. The lowest BCUT2D eigenvalue weighted by atomic mass is 9.90. The maximum Gasteiger partial charge on any atom is 0.0698 e. The Morgan fingerprint density at radius 3 is 1.60 bits per heavy atom. The molecule has 0 spiro atoms. The molecule has 0 bridgehead atoms. The van der Waals surface area contributed by atoms with E-state index in [1.54, 1.807) is 0 Å². The highest BCUT2D eigenvalue weighted by Crippen LogP contribution is 2.79. The summed E-state index contributed by atoms with van der Waals surface area (Å²) in [7, 11) is 0. The fourth-order valence-corrected chi connectivity index (χ4v) is 4.06. The Kier molecular flexibility index (Phi) is 6.11. The van der Waals surface area contributed by atoms with E-state index in [0.717, 1.165) is 0 Å². The predicted octanol–water partition coefficient (Wildman–Crippen LogP) is 6.48. The third kappa shape index (κ3) is 3.05. The van der Waals surface area contributed by atoms with Crippen molar-refractivity contribution >= 4 is 0 Å². The fraction of sp³-hybridized carbons (Fsp3) is 0.947. The van der Waals surface area contributed by atoms with Gasteiger partial charge >= 0.3 is 0 Å². The Labute approximate surface area is 127 Å².